The molecule has 0 saturated heterocycles. The normalized spacial score (nSPS) is 14.3. The molecule has 0 aromatic carbocycles. The molecule has 0 bridgehead atoms. The molecule has 0 spiro atoms. The minimum Gasteiger partial charge on any atom is -0.480 e. The number of carbonyl (C=O) groups is 2. The second kappa shape index (κ2) is 5.46. The quantitative estimate of drug-likeness (QED) is 0.593. The molecule has 0 aromatic rings. The Bertz CT molecular complexity index is 396. The zero-order valence-electron chi connectivity index (χ0n) is 10.1. The third-order valence-electron chi connectivity index (χ3n) is 2.08. The molecule has 0 heterocycles. The average molecular weight is 266 g/mol. The van der Waals surface area contributed by atoms with Gasteiger partial charge in [-0.2, -0.15) is 0 Å². The van der Waals surface area contributed by atoms with Crippen molar-refractivity contribution in [2.75, 3.05) is 0 Å². The van der Waals surface area contributed by atoms with E-state index in [1.165, 1.54) is 20.8 Å². The fourth-order valence-electron chi connectivity index (χ4n) is 0.883. The Kier molecular flexibility index (Phi) is 5.09. The van der Waals surface area contributed by atoms with E-state index in [2.05, 4.69) is 4.72 Å². The molecule has 0 saturated carbocycles. The number of nitrogens with one attached hydrogen (secondary N) is 1. The number of amides is 1. The van der Waals surface area contributed by atoms with Crippen LogP contribution >= 0.6 is 0 Å². The van der Waals surface area contributed by atoms with Crippen LogP contribution in [0.25, 0.3) is 0 Å². The van der Waals surface area contributed by atoms with Crippen molar-refractivity contribution in [1.82, 2.24) is 4.72 Å². The van der Waals surface area contributed by atoms with Crippen molar-refractivity contribution in [2.24, 2.45) is 5.73 Å². The molecule has 0 aliphatic carbocycles. The first kappa shape index (κ1) is 15.9. The molecule has 4 N–H and O–H groups in total. The summed E-state index contributed by atoms with van der Waals surface area (Å²) in [5.41, 5.74) is 4.88. The number of carboxylic acid groups (broad SMARTS) is 1. The van der Waals surface area contributed by atoms with Crippen LogP contribution in [0, 0.1) is 0 Å². The van der Waals surface area contributed by atoms with Gasteiger partial charge >= 0.3 is 5.97 Å². The van der Waals surface area contributed by atoms with Gasteiger partial charge in [-0.1, -0.05) is 0 Å². The van der Waals surface area contributed by atoms with Crippen LogP contribution in [0.2, 0.25) is 0 Å². The first-order valence-corrected chi connectivity index (χ1v) is 6.48. The van der Waals surface area contributed by atoms with E-state index in [0.29, 0.717) is 0 Å². The molecule has 1 atom stereocenters. The van der Waals surface area contributed by atoms with Gasteiger partial charge in [0.25, 0.3) is 0 Å². The van der Waals surface area contributed by atoms with Gasteiger partial charge in [-0.05, 0) is 27.2 Å². The summed E-state index contributed by atoms with van der Waals surface area (Å²) in [5.74, 6) is -2.01. The van der Waals surface area contributed by atoms with Crippen LogP contribution in [0.15, 0.2) is 0 Å². The molecule has 17 heavy (non-hydrogen) atoms. The summed E-state index contributed by atoms with van der Waals surface area (Å²) >= 11 is 0. The first-order valence-electron chi connectivity index (χ1n) is 5.00. The Morgan fingerprint density at radius 2 is 1.82 bits per heavy atom. The van der Waals surface area contributed by atoms with Crippen molar-refractivity contribution in [3.63, 3.8) is 0 Å². The Morgan fingerprint density at radius 1 is 1.35 bits per heavy atom. The molecule has 100 valence electrons. The van der Waals surface area contributed by atoms with E-state index < -0.39 is 32.7 Å². The van der Waals surface area contributed by atoms with E-state index in [4.69, 9.17) is 10.8 Å². The standard InChI is InChI=1S/C9H18N2O5S/c1-9(2,3)17(15,16)11-6(8(13)14)4-5-7(10)12/h6,11H,4-5H2,1-3H3,(H2,10,12)(H,13,14)/t6-/m1/s1. The smallest absolute Gasteiger partial charge is 0.321 e. The van der Waals surface area contributed by atoms with E-state index >= 15 is 0 Å². The van der Waals surface area contributed by atoms with Crippen LogP contribution in [-0.4, -0.2) is 36.2 Å². The molecular weight excluding hydrogens is 248 g/mol. The zero-order chi connectivity index (χ0) is 13.9. The van der Waals surface area contributed by atoms with Gasteiger partial charge in [0.1, 0.15) is 6.04 Å². The van der Waals surface area contributed by atoms with Gasteiger partial charge in [0.2, 0.25) is 15.9 Å². The zero-order valence-corrected chi connectivity index (χ0v) is 10.9. The number of hydrogen-bond donors (Lipinski definition) is 3. The molecular formula is C9H18N2O5S. The third kappa shape index (κ3) is 5.14. The van der Waals surface area contributed by atoms with Crippen LogP contribution in [0.3, 0.4) is 0 Å². The minimum atomic E-state index is -3.77. The first-order chi connectivity index (χ1) is 7.47. The largest absolute Gasteiger partial charge is 0.480 e. The summed E-state index contributed by atoms with van der Waals surface area (Å²) in [7, 11) is -3.77. The van der Waals surface area contributed by atoms with E-state index in [1.54, 1.807) is 0 Å². The maximum atomic E-state index is 11.7. The highest BCUT2D eigenvalue weighted by Gasteiger charge is 2.33. The topological polar surface area (TPSA) is 127 Å². The van der Waals surface area contributed by atoms with Gasteiger partial charge < -0.3 is 10.8 Å². The molecule has 0 rings (SSSR count). The van der Waals surface area contributed by atoms with Crippen molar-refractivity contribution in [2.45, 2.75) is 44.4 Å². The molecule has 0 aliphatic heterocycles. The van der Waals surface area contributed by atoms with Gasteiger partial charge in [-0.25, -0.2) is 13.1 Å². The number of nitrogens with two attached hydrogens (primary N) is 1. The second-order valence-electron chi connectivity index (χ2n) is 4.63. The predicted octanol–water partition coefficient (Wildman–Crippen LogP) is -0.577. The van der Waals surface area contributed by atoms with Gasteiger partial charge in [0.15, 0.2) is 0 Å². The molecule has 1 amide bonds. The van der Waals surface area contributed by atoms with Gasteiger partial charge in [-0.3, -0.25) is 9.59 Å². The number of primary amides is 1. The Hall–Kier alpha value is -1.15. The fourth-order valence-corrected chi connectivity index (χ4v) is 1.83. The van der Waals surface area contributed by atoms with E-state index in [1.807, 2.05) is 0 Å². The summed E-state index contributed by atoms with van der Waals surface area (Å²) < 4.78 is 24.4. The maximum absolute atomic E-state index is 11.7. The highest BCUT2D eigenvalue weighted by molar-refractivity contribution is 7.90. The molecule has 0 fully saturated rings. The molecule has 8 heteroatoms. The lowest BCUT2D eigenvalue weighted by Crippen LogP contribution is -2.48. The Morgan fingerprint density at radius 3 is 2.12 bits per heavy atom. The summed E-state index contributed by atoms with van der Waals surface area (Å²) in [6, 6.07) is -1.34. The van der Waals surface area contributed by atoms with Crippen LogP contribution in [0.4, 0.5) is 0 Å². The summed E-state index contributed by atoms with van der Waals surface area (Å²) in [5, 5.41) is 8.84. The van der Waals surface area contributed by atoms with Crippen molar-refractivity contribution in [3.8, 4) is 0 Å². The number of carboxylic acids is 1. The number of carbonyl (C=O) groups excluding carboxylic acids is 1. The van der Waals surface area contributed by atoms with Crippen LogP contribution in [0.5, 0.6) is 0 Å². The van der Waals surface area contributed by atoms with E-state index in [0.717, 1.165) is 0 Å². The minimum absolute atomic E-state index is 0.167. The predicted molar refractivity (Wildman–Crippen MR) is 61.7 cm³/mol. The van der Waals surface area contributed by atoms with Crippen molar-refractivity contribution in [3.05, 3.63) is 0 Å². The highest BCUT2D eigenvalue weighted by atomic mass is 32.2. The van der Waals surface area contributed by atoms with E-state index in [-0.39, 0.29) is 12.8 Å². The lowest BCUT2D eigenvalue weighted by atomic mass is 10.2. The van der Waals surface area contributed by atoms with Gasteiger partial charge in [-0.15, -0.1) is 0 Å². The van der Waals surface area contributed by atoms with Gasteiger partial charge in [0.05, 0.1) is 4.75 Å². The SMILES string of the molecule is CC(C)(C)S(=O)(=O)N[C@H](CCC(N)=O)C(=O)O. The van der Waals surface area contributed by atoms with Gasteiger partial charge in [0, 0.05) is 6.42 Å². The van der Waals surface area contributed by atoms with Crippen LogP contribution in [-0.2, 0) is 19.6 Å². The molecule has 0 unspecified atom stereocenters. The van der Waals surface area contributed by atoms with Crippen molar-refractivity contribution < 1.29 is 23.1 Å². The molecule has 7 nitrogen and oxygen atoms in total. The summed E-state index contributed by atoms with van der Waals surface area (Å²) in [6.45, 7) is 4.34. The summed E-state index contributed by atoms with van der Waals surface area (Å²) in [4.78, 5) is 21.4. The third-order valence-corrected chi connectivity index (χ3v) is 4.29. The Labute approximate surface area is 100 Å². The van der Waals surface area contributed by atoms with Crippen molar-refractivity contribution in [1.29, 1.82) is 0 Å². The lowest BCUT2D eigenvalue weighted by molar-refractivity contribution is -0.139. The van der Waals surface area contributed by atoms with Crippen molar-refractivity contribution >= 4 is 21.9 Å². The number of sulfonamides is 1. The summed E-state index contributed by atoms with van der Waals surface area (Å²) in [6.07, 6.45) is -0.358. The number of hydrogen-bond acceptors (Lipinski definition) is 4. The molecule has 0 radical (unpaired) electrons. The Balaban J connectivity index is 4.79. The number of aliphatic carboxylic acids is 1. The average Bonchev–Trinajstić information content (AvgIpc) is 2.09. The monoisotopic (exact) mass is 266 g/mol. The number of rotatable bonds is 6. The maximum Gasteiger partial charge on any atom is 0.321 e. The lowest BCUT2D eigenvalue weighted by Gasteiger charge is -2.22. The second-order valence-corrected chi connectivity index (χ2v) is 7.10. The molecule has 0 aromatic heterocycles. The highest BCUT2D eigenvalue weighted by Crippen LogP contribution is 2.14. The molecule has 0 aliphatic rings. The van der Waals surface area contributed by atoms with Crippen LogP contribution < -0.4 is 10.5 Å². The van der Waals surface area contributed by atoms with E-state index in [9.17, 15) is 18.0 Å². The van der Waals surface area contributed by atoms with Crippen LogP contribution in [0.1, 0.15) is 33.6 Å². The fraction of sp³-hybridized carbons (Fsp3) is 0.778.